The van der Waals surface area contributed by atoms with Crippen LogP contribution in [0.5, 0.6) is 0 Å². The fraction of sp³-hybridized carbons (Fsp3) is 0.222. The molecule has 1 atom stereocenters. The molecule has 1 N–H and O–H groups in total. The highest BCUT2D eigenvalue weighted by molar-refractivity contribution is 5.33. The molecule has 0 spiro atoms. The van der Waals surface area contributed by atoms with Crippen molar-refractivity contribution in [1.29, 1.82) is 5.26 Å². The van der Waals surface area contributed by atoms with E-state index in [1.165, 1.54) is 0 Å². The molecule has 0 aliphatic carbocycles. The van der Waals surface area contributed by atoms with Crippen LogP contribution in [0.15, 0.2) is 24.3 Å². The van der Waals surface area contributed by atoms with E-state index in [0.717, 1.165) is 5.56 Å². The van der Waals surface area contributed by atoms with Crippen LogP contribution in [0, 0.1) is 11.3 Å². The van der Waals surface area contributed by atoms with E-state index < -0.39 is 6.10 Å². The highest BCUT2D eigenvalue weighted by atomic mass is 16.3. The number of hydrogen-bond donors (Lipinski definition) is 1. The molecule has 0 radical (unpaired) electrons. The Labute approximate surface area is 65.7 Å². The average molecular weight is 147 g/mol. The molecule has 2 nitrogen and oxygen atoms in total. The fourth-order valence-corrected chi connectivity index (χ4v) is 0.868. The summed E-state index contributed by atoms with van der Waals surface area (Å²) >= 11 is 0. The molecule has 1 aromatic carbocycles. The van der Waals surface area contributed by atoms with Crippen LogP contribution in [0.3, 0.4) is 0 Å². The van der Waals surface area contributed by atoms with Crippen LogP contribution in [0.25, 0.3) is 0 Å². The van der Waals surface area contributed by atoms with Gasteiger partial charge in [-0.25, -0.2) is 0 Å². The summed E-state index contributed by atoms with van der Waals surface area (Å²) in [5.41, 5.74) is 1.37. The quantitative estimate of drug-likeness (QED) is 0.655. The van der Waals surface area contributed by atoms with Gasteiger partial charge in [0, 0.05) is 0 Å². The molecule has 0 fully saturated rings. The second-order valence-corrected chi connectivity index (χ2v) is 2.41. The molecule has 0 saturated carbocycles. The van der Waals surface area contributed by atoms with Crippen molar-refractivity contribution in [2.45, 2.75) is 13.0 Å². The summed E-state index contributed by atoms with van der Waals surface area (Å²) in [6.45, 7) is 1.68. The van der Waals surface area contributed by atoms with Gasteiger partial charge in [0.2, 0.25) is 0 Å². The van der Waals surface area contributed by atoms with Gasteiger partial charge in [-0.2, -0.15) is 5.26 Å². The van der Waals surface area contributed by atoms with E-state index in [1.54, 1.807) is 31.2 Å². The van der Waals surface area contributed by atoms with Gasteiger partial charge in [0.25, 0.3) is 0 Å². The third kappa shape index (κ3) is 1.79. The van der Waals surface area contributed by atoms with Crippen LogP contribution in [-0.4, -0.2) is 5.11 Å². The maximum Gasteiger partial charge on any atom is 0.0991 e. The maximum atomic E-state index is 9.13. The van der Waals surface area contributed by atoms with Gasteiger partial charge in [-0.05, 0) is 24.6 Å². The highest BCUT2D eigenvalue weighted by Gasteiger charge is 1.99. The number of aliphatic hydroxyl groups excluding tert-OH is 1. The van der Waals surface area contributed by atoms with Crippen molar-refractivity contribution in [2.24, 2.45) is 0 Å². The summed E-state index contributed by atoms with van der Waals surface area (Å²) in [4.78, 5) is 0. The van der Waals surface area contributed by atoms with Crippen molar-refractivity contribution in [2.75, 3.05) is 0 Å². The summed E-state index contributed by atoms with van der Waals surface area (Å²) in [6, 6.07) is 8.97. The summed E-state index contributed by atoms with van der Waals surface area (Å²) < 4.78 is 0. The lowest BCUT2D eigenvalue weighted by atomic mass is 10.1. The largest absolute Gasteiger partial charge is 0.389 e. The third-order valence-corrected chi connectivity index (χ3v) is 1.50. The van der Waals surface area contributed by atoms with E-state index in [4.69, 9.17) is 10.4 Å². The molecule has 1 rings (SSSR count). The van der Waals surface area contributed by atoms with Crippen molar-refractivity contribution >= 4 is 0 Å². The molecule has 0 heterocycles. The van der Waals surface area contributed by atoms with Crippen LogP contribution >= 0.6 is 0 Å². The van der Waals surface area contributed by atoms with Crippen LogP contribution in [0.1, 0.15) is 24.2 Å². The standard InChI is InChI=1S/C9H9NO/c1-7(11)9-4-2-3-8(5-9)6-10/h2-5,7,11H,1H3. The molecule has 0 aliphatic rings. The molecule has 1 unspecified atom stereocenters. The molecule has 0 saturated heterocycles. The molecule has 0 aromatic heterocycles. The minimum absolute atomic E-state index is 0.497. The van der Waals surface area contributed by atoms with Gasteiger partial charge in [-0.3, -0.25) is 0 Å². The van der Waals surface area contributed by atoms with Crippen LogP contribution in [0.4, 0.5) is 0 Å². The number of benzene rings is 1. The van der Waals surface area contributed by atoms with Crippen LogP contribution in [-0.2, 0) is 0 Å². The molecular formula is C9H9NO. The first-order valence-electron chi connectivity index (χ1n) is 3.42. The van der Waals surface area contributed by atoms with E-state index in [1.807, 2.05) is 6.07 Å². The molecule has 1 aromatic rings. The molecular weight excluding hydrogens is 138 g/mol. The average Bonchev–Trinajstić information content (AvgIpc) is 2.05. The van der Waals surface area contributed by atoms with Crippen molar-refractivity contribution in [3.8, 4) is 6.07 Å². The van der Waals surface area contributed by atoms with Crippen LogP contribution < -0.4 is 0 Å². The Bertz CT molecular complexity index is 286. The number of aliphatic hydroxyl groups is 1. The molecule has 0 bridgehead atoms. The van der Waals surface area contributed by atoms with Crippen molar-refractivity contribution < 1.29 is 5.11 Å². The van der Waals surface area contributed by atoms with E-state index in [2.05, 4.69) is 0 Å². The number of nitriles is 1. The molecule has 0 aliphatic heterocycles. The minimum atomic E-state index is -0.497. The SMILES string of the molecule is CC(O)c1cccc(C#N)c1. The normalized spacial score (nSPS) is 12.1. The van der Waals surface area contributed by atoms with Gasteiger partial charge < -0.3 is 5.11 Å². The summed E-state index contributed by atoms with van der Waals surface area (Å²) in [7, 11) is 0. The summed E-state index contributed by atoms with van der Waals surface area (Å²) in [5.74, 6) is 0. The van der Waals surface area contributed by atoms with Gasteiger partial charge >= 0.3 is 0 Å². The summed E-state index contributed by atoms with van der Waals surface area (Å²) in [5, 5.41) is 17.6. The number of nitrogens with zero attached hydrogens (tertiary/aromatic N) is 1. The van der Waals surface area contributed by atoms with E-state index >= 15 is 0 Å². The zero-order valence-corrected chi connectivity index (χ0v) is 6.28. The molecule has 56 valence electrons. The molecule has 0 amide bonds. The predicted molar refractivity (Wildman–Crippen MR) is 41.8 cm³/mol. The Hall–Kier alpha value is -1.33. The van der Waals surface area contributed by atoms with Gasteiger partial charge in [0.1, 0.15) is 0 Å². The predicted octanol–water partition coefficient (Wildman–Crippen LogP) is 1.61. The third-order valence-electron chi connectivity index (χ3n) is 1.50. The number of rotatable bonds is 1. The molecule has 11 heavy (non-hydrogen) atoms. The second-order valence-electron chi connectivity index (χ2n) is 2.41. The van der Waals surface area contributed by atoms with Crippen LogP contribution in [0.2, 0.25) is 0 Å². The highest BCUT2D eigenvalue weighted by Crippen LogP contribution is 2.12. The lowest BCUT2D eigenvalue weighted by Gasteiger charge is -2.02. The second kappa shape index (κ2) is 3.18. The fourth-order valence-electron chi connectivity index (χ4n) is 0.868. The Morgan fingerprint density at radius 2 is 2.27 bits per heavy atom. The number of hydrogen-bond acceptors (Lipinski definition) is 2. The van der Waals surface area contributed by atoms with Gasteiger partial charge in [-0.15, -0.1) is 0 Å². The Morgan fingerprint density at radius 1 is 1.55 bits per heavy atom. The first-order valence-corrected chi connectivity index (χ1v) is 3.42. The van der Waals surface area contributed by atoms with Gasteiger partial charge in [-0.1, -0.05) is 12.1 Å². The smallest absolute Gasteiger partial charge is 0.0991 e. The lowest BCUT2D eigenvalue weighted by molar-refractivity contribution is 0.199. The van der Waals surface area contributed by atoms with E-state index in [9.17, 15) is 0 Å². The van der Waals surface area contributed by atoms with Crippen molar-refractivity contribution in [3.63, 3.8) is 0 Å². The van der Waals surface area contributed by atoms with Gasteiger partial charge in [0.05, 0.1) is 17.7 Å². The minimum Gasteiger partial charge on any atom is -0.389 e. The Morgan fingerprint density at radius 3 is 2.82 bits per heavy atom. The first kappa shape index (κ1) is 7.77. The topological polar surface area (TPSA) is 44.0 Å². The van der Waals surface area contributed by atoms with Crippen molar-refractivity contribution in [1.82, 2.24) is 0 Å². The zero-order valence-electron chi connectivity index (χ0n) is 6.28. The monoisotopic (exact) mass is 147 g/mol. The van der Waals surface area contributed by atoms with E-state index in [0.29, 0.717) is 5.56 Å². The summed E-state index contributed by atoms with van der Waals surface area (Å²) in [6.07, 6.45) is -0.497. The zero-order chi connectivity index (χ0) is 8.27. The Kier molecular flexibility index (Phi) is 2.25. The lowest BCUT2D eigenvalue weighted by Crippen LogP contribution is -1.90. The maximum absolute atomic E-state index is 9.13. The van der Waals surface area contributed by atoms with Crippen molar-refractivity contribution in [3.05, 3.63) is 35.4 Å². The van der Waals surface area contributed by atoms with Gasteiger partial charge in [0.15, 0.2) is 0 Å². The van der Waals surface area contributed by atoms with E-state index in [-0.39, 0.29) is 0 Å². The first-order chi connectivity index (χ1) is 5.24. The molecule has 2 heteroatoms. The Balaban J connectivity index is 3.03.